The van der Waals surface area contributed by atoms with Crippen molar-refractivity contribution in [3.63, 3.8) is 0 Å². The first-order valence-electron chi connectivity index (χ1n) is 6.77. The van der Waals surface area contributed by atoms with E-state index in [0.29, 0.717) is 30.1 Å². The van der Waals surface area contributed by atoms with Gasteiger partial charge in [0, 0.05) is 19.3 Å². The molecule has 0 aliphatic heterocycles. The highest BCUT2D eigenvalue weighted by atomic mass is 16.5. The standard InChI is InChI=1S/C14H17N3O3/c1-8-11-12(13(18)15-6-7-19-2)9-4-3-5-10(9)16-14(11)20-17-8/h3-7H2,1-2H3,(H,15,18). The van der Waals surface area contributed by atoms with Crippen LogP contribution in [0.2, 0.25) is 0 Å². The summed E-state index contributed by atoms with van der Waals surface area (Å²) in [5, 5.41) is 7.55. The molecule has 0 saturated carbocycles. The Kier molecular flexibility index (Phi) is 3.40. The minimum atomic E-state index is -0.0982. The summed E-state index contributed by atoms with van der Waals surface area (Å²) >= 11 is 0. The number of fused-ring (bicyclic) bond motifs is 2. The predicted octanol–water partition coefficient (Wildman–Crippen LogP) is 1.40. The molecule has 3 rings (SSSR count). The van der Waals surface area contributed by atoms with E-state index < -0.39 is 0 Å². The number of rotatable bonds is 4. The van der Waals surface area contributed by atoms with Gasteiger partial charge < -0.3 is 14.6 Å². The van der Waals surface area contributed by atoms with Gasteiger partial charge in [0.25, 0.3) is 11.6 Å². The number of methoxy groups -OCH3 is 1. The Balaban J connectivity index is 2.07. The summed E-state index contributed by atoms with van der Waals surface area (Å²) < 4.78 is 10.2. The number of carbonyl (C=O) groups excluding carboxylic acids is 1. The first-order valence-corrected chi connectivity index (χ1v) is 6.77. The number of nitrogens with one attached hydrogen (secondary N) is 1. The van der Waals surface area contributed by atoms with E-state index in [9.17, 15) is 4.79 Å². The maximum Gasteiger partial charge on any atom is 0.259 e. The summed E-state index contributed by atoms with van der Waals surface area (Å²) in [4.78, 5) is 17.0. The Morgan fingerprint density at radius 3 is 3.10 bits per heavy atom. The van der Waals surface area contributed by atoms with Crippen molar-refractivity contribution in [3.8, 4) is 0 Å². The summed E-state index contributed by atoms with van der Waals surface area (Å²) in [6, 6.07) is 0. The molecule has 0 bridgehead atoms. The normalized spacial score (nSPS) is 13.7. The quantitative estimate of drug-likeness (QED) is 0.853. The lowest BCUT2D eigenvalue weighted by Gasteiger charge is -2.10. The van der Waals surface area contributed by atoms with E-state index in [1.54, 1.807) is 7.11 Å². The van der Waals surface area contributed by atoms with Crippen LogP contribution >= 0.6 is 0 Å². The largest absolute Gasteiger partial charge is 0.383 e. The Labute approximate surface area is 116 Å². The molecule has 0 atom stereocenters. The second-order valence-electron chi connectivity index (χ2n) is 4.96. The van der Waals surface area contributed by atoms with Crippen LogP contribution < -0.4 is 5.32 Å². The van der Waals surface area contributed by atoms with Gasteiger partial charge in [-0.15, -0.1) is 0 Å². The molecule has 0 aromatic carbocycles. The molecule has 0 saturated heterocycles. The van der Waals surface area contributed by atoms with Gasteiger partial charge in [0.2, 0.25) is 0 Å². The van der Waals surface area contributed by atoms with Crippen LogP contribution in [0.3, 0.4) is 0 Å². The van der Waals surface area contributed by atoms with Gasteiger partial charge in [-0.1, -0.05) is 5.16 Å². The Bertz CT molecular complexity index is 663. The molecule has 2 aromatic rings. The number of hydrogen-bond donors (Lipinski definition) is 1. The van der Waals surface area contributed by atoms with Crippen LogP contribution in [0.1, 0.15) is 33.7 Å². The average molecular weight is 275 g/mol. The van der Waals surface area contributed by atoms with Gasteiger partial charge in [0.05, 0.1) is 23.3 Å². The van der Waals surface area contributed by atoms with Crippen LogP contribution in [0, 0.1) is 6.92 Å². The van der Waals surface area contributed by atoms with E-state index in [1.165, 1.54) is 0 Å². The SMILES string of the molecule is COCCNC(=O)c1c2c(nc3onc(C)c13)CCC2. The molecule has 1 aliphatic rings. The van der Waals surface area contributed by atoms with Crippen molar-refractivity contribution in [3.05, 3.63) is 22.5 Å². The smallest absolute Gasteiger partial charge is 0.259 e. The molecule has 0 radical (unpaired) electrons. The molecule has 2 heterocycles. The lowest BCUT2D eigenvalue weighted by atomic mass is 10.0. The van der Waals surface area contributed by atoms with Gasteiger partial charge in [0.15, 0.2) is 0 Å². The molecule has 1 amide bonds. The first-order chi connectivity index (χ1) is 9.72. The van der Waals surface area contributed by atoms with Crippen LogP contribution in [-0.4, -0.2) is 36.3 Å². The third-order valence-electron chi connectivity index (χ3n) is 3.64. The number of amides is 1. The van der Waals surface area contributed by atoms with E-state index in [1.807, 2.05) is 6.92 Å². The molecule has 2 aromatic heterocycles. The maximum atomic E-state index is 12.5. The number of ether oxygens (including phenoxy) is 1. The summed E-state index contributed by atoms with van der Waals surface area (Å²) in [6.07, 6.45) is 2.80. The molecule has 1 N–H and O–H groups in total. The summed E-state index contributed by atoms with van der Waals surface area (Å²) in [5.41, 5.74) is 3.85. The number of pyridine rings is 1. The van der Waals surface area contributed by atoms with Gasteiger partial charge in [-0.2, -0.15) is 0 Å². The highest BCUT2D eigenvalue weighted by molar-refractivity contribution is 6.07. The number of hydrogen-bond acceptors (Lipinski definition) is 5. The molecule has 0 unspecified atom stereocenters. The van der Waals surface area contributed by atoms with Crippen molar-refractivity contribution in [2.45, 2.75) is 26.2 Å². The van der Waals surface area contributed by atoms with Crippen LogP contribution in [-0.2, 0) is 17.6 Å². The van der Waals surface area contributed by atoms with E-state index in [2.05, 4.69) is 15.5 Å². The highest BCUT2D eigenvalue weighted by Gasteiger charge is 2.26. The molecular weight excluding hydrogens is 258 g/mol. The number of carbonyl (C=O) groups is 1. The zero-order valence-electron chi connectivity index (χ0n) is 11.7. The number of aromatic nitrogens is 2. The van der Waals surface area contributed by atoms with Crippen LogP contribution in [0.15, 0.2) is 4.52 Å². The average Bonchev–Trinajstić information content (AvgIpc) is 3.04. The predicted molar refractivity (Wildman–Crippen MR) is 72.8 cm³/mol. The van der Waals surface area contributed by atoms with Crippen LogP contribution in [0.4, 0.5) is 0 Å². The van der Waals surface area contributed by atoms with Gasteiger partial charge in [-0.3, -0.25) is 4.79 Å². The van der Waals surface area contributed by atoms with Crippen molar-refractivity contribution in [2.24, 2.45) is 0 Å². The monoisotopic (exact) mass is 275 g/mol. The molecule has 0 spiro atoms. The fourth-order valence-electron chi connectivity index (χ4n) is 2.72. The van der Waals surface area contributed by atoms with Crippen LogP contribution in [0.5, 0.6) is 0 Å². The molecule has 106 valence electrons. The maximum absolute atomic E-state index is 12.5. The molecule has 1 aliphatic carbocycles. The van der Waals surface area contributed by atoms with E-state index in [0.717, 1.165) is 35.9 Å². The van der Waals surface area contributed by atoms with E-state index >= 15 is 0 Å². The second-order valence-corrected chi connectivity index (χ2v) is 4.96. The lowest BCUT2D eigenvalue weighted by molar-refractivity contribution is 0.0937. The van der Waals surface area contributed by atoms with Gasteiger partial charge >= 0.3 is 0 Å². The molecule has 6 nitrogen and oxygen atoms in total. The van der Waals surface area contributed by atoms with Crippen molar-refractivity contribution in [1.82, 2.24) is 15.5 Å². The van der Waals surface area contributed by atoms with Crippen molar-refractivity contribution < 1.29 is 14.1 Å². The van der Waals surface area contributed by atoms with Crippen LogP contribution in [0.25, 0.3) is 11.1 Å². The van der Waals surface area contributed by atoms with Gasteiger partial charge in [0.1, 0.15) is 0 Å². The summed E-state index contributed by atoms with van der Waals surface area (Å²) in [7, 11) is 1.61. The highest BCUT2D eigenvalue weighted by Crippen LogP contribution is 2.31. The van der Waals surface area contributed by atoms with Crippen molar-refractivity contribution >= 4 is 17.0 Å². The van der Waals surface area contributed by atoms with Crippen molar-refractivity contribution in [2.75, 3.05) is 20.3 Å². The Hall–Kier alpha value is -1.95. The number of nitrogens with zero attached hydrogens (tertiary/aromatic N) is 2. The summed E-state index contributed by atoms with van der Waals surface area (Å²) in [5.74, 6) is -0.0982. The zero-order chi connectivity index (χ0) is 14.1. The third kappa shape index (κ3) is 2.06. The van der Waals surface area contributed by atoms with Gasteiger partial charge in [-0.05, 0) is 31.7 Å². The fourth-order valence-corrected chi connectivity index (χ4v) is 2.72. The van der Waals surface area contributed by atoms with E-state index in [-0.39, 0.29) is 5.91 Å². The van der Waals surface area contributed by atoms with E-state index in [4.69, 9.17) is 9.26 Å². The Morgan fingerprint density at radius 1 is 1.45 bits per heavy atom. The second kappa shape index (κ2) is 5.20. The van der Waals surface area contributed by atoms with Gasteiger partial charge in [-0.25, -0.2) is 4.98 Å². The summed E-state index contributed by atoms with van der Waals surface area (Å²) in [6.45, 7) is 2.81. The first kappa shape index (κ1) is 13.1. The third-order valence-corrected chi connectivity index (χ3v) is 3.64. The molecular formula is C14H17N3O3. The fraction of sp³-hybridized carbons (Fsp3) is 0.500. The molecule has 0 fully saturated rings. The molecule has 20 heavy (non-hydrogen) atoms. The lowest BCUT2D eigenvalue weighted by Crippen LogP contribution is -2.28. The topological polar surface area (TPSA) is 77.2 Å². The minimum absolute atomic E-state index is 0.0982. The number of aryl methyl sites for hydroxylation is 2. The Morgan fingerprint density at radius 2 is 2.30 bits per heavy atom. The van der Waals surface area contributed by atoms with Crippen molar-refractivity contribution in [1.29, 1.82) is 0 Å². The molecule has 6 heteroatoms. The zero-order valence-corrected chi connectivity index (χ0v) is 11.7. The minimum Gasteiger partial charge on any atom is -0.383 e.